The van der Waals surface area contributed by atoms with Gasteiger partial charge in [-0.1, -0.05) is 13.3 Å². The van der Waals surface area contributed by atoms with Crippen LogP contribution in [0.3, 0.4) is 0 Å². The Morgan fingerprint density at radius 2 is 1.89 bits per heavy atom. The Morgan fingerprint density at radius 1 is 1.32 bits per heavy atom. The molecule has 1 aromatic carbocycles. The molecule has 0 aliphatic carbocycles. The molecule has 0 aliphatic heterocycles. The summed E-state index contributed by atoms with van der Waals surface area (Å²) in [5.41, 5.74) is 4.90. The molecule has 0 aromatic heterocycles. The van der Waals surface area contributed by atoms with Crippen molar-refractivity contribution in [3.05, 3.63) is 23.8 Å². The van der Waals surface area contributed by atoms with Gasteiger partial charge in [0.1, 0.15) is 16.5 Å². The molecule has 0 heterocycles. The highest BCUT2D eigenvalue weighted by molar-refractivity contribution is 7.89. The summed E-state index contributed by atoms with van der Waals surface area (Å²) in [4.78, 5) is -0.600. The number of nitrogens with zero attached hydrogens (tertiary/aromatic N) is 1. The number of nitrogen functional groups attached to an aromatic ring is 1. The Kier molecular flexibility index (Phi) is 4.86. The number of rotatable bonds is 5. The van der Waals surface area contributed by atoms with Gasteiger partial charge in [0, 0.05) is 19.2 Å². The third kappa shape index (κ3) is 3.22. The first kappa shape index (κ1) is 15.8. The molecule has 0 saturated carbocycles. The third-order valence-corrected chi connectivity index (χ3v) is 5.02. The summed E-state index contributed by atoms with van der Waals surface area (Å²) < 4.78 is 52.2. The Bertz CT molecular complexity index is 561. The van der Waals surface area contributed by atoms with Gasteiger partial charge in [0.25, 0.3) is 0 Å². The minimum Gasteiger partial charge on any atom is -0.396 e. The minimum absolute atomic E-state index is 0.277. The van der Waals surface area contributed by atoms with Crippen LogP contribution in [0.1, 0.15) is 26.7 Å². The van der Waals surface area contributed by atoms with E-state index in [1.165, 1.54) is 7.05 Å². The molecule has 7 heteroatoms. The molecule has 2 N–H and O–H groups in total. The number of benzene rings is 1. The maximum atomic E-state index is 13.6. The second-order valence-electron chi connectivity index (χ2n) is 4.46. The molecule has 0 spiro atoms. The molecule has 108 valence electrons. The van der Waals surface area contributed by atoms with Gasteiger partial charge < -0.3 is 5.73 Å². The Morgan fingerprint density at radius 3 is 2.42 bits per heavy atom. The lowest BCUT2D eigenvalue weighted by Crippen LogP contribution is -2.35. The van der Waals surface area contributed by atoms with E-state index in [9.17, 15) is 17.2 Å². The van der Waals surface area contributed by atoms with Gasteiger partial charge in [-0.2, -0.15) is 4.31 Å². The molecular weight excluding hydrogens is 274 g/mol. The lowest BCUT2D eigenvalue weighted by molar-refractivity contribution is 0.366. The average molecular weight is 292 g/mol. The predicted octanol–water partition coefficient (Wildman–Crippen LogP) is 2.36. The van der Waals surface area contributed by atoms with E-state index in [0.29, 0.717) is 12.5 Å². The van der Waals surface area contributed by atoms with Crippen molar-refractivity contribution >= 4 is 15.7 Å². The molecule has 0 aliphatic rings. The van der Waals surface area contributed by atoms with Crippen LogP contribution in [0, 0.1) is 11.6 Å². The molecule has 0 fully saturated rings. The topological polar surface area (TPSA) is 63.4 Å². The van der Waals surface area contributed by atoms with Gasteiger partial charge in [-0.15, -0.1) is 0 Å². The smallest absolute Gasteiger partial charge is 0.246 e. The molecule has 1 aromatic rings. The molecule has 4 nitrogen and oxygen atoms in total. The number of nitrogens with two attached hydrogens (primary N) is 1. The number of halogens is 2. The summed E-state index contributed by atoms with van der Waals surface area (Å²) in [5, 5.41) is 0. The maximum absolute atomic E-state index is 13.6. The molecule has 0 saturated heterocycles. The maximum Gasteiger partial charge on any atom is 0.246 e. The van der Waals surface area contributed by atoms with Crippen molar-refractivity contribution in [1.82, 2.24) is 4.31 Å². The van der Waals surface area contributed by atoms with Crippen LogP contribution in [0.2, 0.25) is 0 Å². The quantitative estimate of drug-likeness (QED) is 0.847. The van der Waals surface area contributed by atoms with E-state index in [1.807, 2.05) is 6.92 Å². The largest absolute Gasteiger partial charge is 0.396 e. The first-order chi connectivity index (χ1) is 8.71. The fourth-order valence-corrected chi connectivity index (χ4v) is 3.20. The third-order valence-electron chi connectivity index (χ3n) is 3.04. The van der Waals surface area contributed by atoms with Gasteiger partial charge in [-0.25, -0.2) is 17.2 Å². The Hall–Kier alpha value is -1.21. The molecule has 0 amide bonds. The number of hydrogen-bond acceptors (Lipinski definition) is 3. The molecule has 1 rings (SSSR count). The second kappa shape index (κ2) is 5.83. The van der Waals surface area contributed by atoms with Crippen LogP contribution < -0.4 is 5.73 Å². The molecule has 0 radical (unpaired) electrons. The lowest BCUT2D eigenvalue weighted by Gasteiger charge is -2.24. The highest BCUT2D eigenvalue weighted by Gasteiger charge is 2.28. The van der Waals surface area contributed by atoms with Gasteiger partial charge in [-0.3, -0.25) is 0 Å². The fourth-order valence-electron chi connectivity index (χ4n) is 1.73. The van der Waals surface area contributed by atoms with Crippen LogP contribution in [0.4, 0.5) is 14.5 Å². The summed E-state index contributed by atoms with van der Waals surface area (Å²) in [5.74, 6) is -2.11. The second-order valence-corrected chi connectivity index (χ2v) is 6.43. The summed E-state index contributed by atoms with van der Waals surface area (Å²) in [7, 11) is -2.65. The highest BCUT2D eigenvalue weighted by Crippen LogP contribution is 2.25. The predicted molar refractivity (Wildman–Crippen MR) is 70.1 cm³/mol. The monoisotopic (exact) mass is 292 g/mol. The zero-order valence-electron chi connectivity index (χ0n) is 11.2. The van der Waals surface area contributed by atoms with Crippen molar-refractivity contribution in [2.75, 3.05) is 12.8 Å². The summed E-state index contributed by atoms with van der Waals surface area (Å²) >= 11 is 0. The molecule has 1 atom stereocenters. The van der Waals surface area contributed by atoms with Crippen LogP contribution in [-0.2, 0) is 10.0 Å². The van der Waals surface area contributed by atoms with E-state index in [1.54, 1.807) is 6.92 Å². The summed E-state index contributed by atoms with van der Waals surface area (Å²) in [6.07, 6.45) is 1.45. The molecular formula is C12H18F2N2O2S. The van der Waals surface area contributed by atoms with Crippen molar-refractivity contribution < 1.29 is 17.2 Å². The van der Waals surface area contributed by atoms with Gasteiger partial charge in [0.15, 0.2) is 0 Å². The van der Waals surface area contributed by atoms with Crippen molar-refractivity contribution in [1.29, 1.82) is 0 Å². The first-order valence-electron chi connectivity index (χ1n) is 5.94. The van der Waals surface area contributed by atoms with E-state index < -0.39 is 32.2 Å². The van der Waals surface area contributed by atoms with E-state index in [2.05, 4.69) is 0 Å². The summed E-state index contributed by atoms with van der Waals surface area (Å²) in [6.45, 7) is 3.65. The standard InChI is InChI=1S/C12H18F2N2O2S/c1-4-5-8(2)16(3)19(17,18)12-7-11(15)9(13)6-10(12)14/h6-8H,4-5,15H2,1-3H3. The molecule has 19 heavy (non-hydrogen) atoms. The van der Waals surface area contributed by atoms with Crippen LogP contribution in [-0.4, -0.2) is 25.8 Å². The minimum atomic E-state index is -4.02. The van der Waals surface area contributed by atoms with Gasteiger partial charge in [0.2, 0.25) is 10.0 Å². The Balaban J connectivity index is 3.24. The summed E-state index contributed by atoms with van der Waals surface area (Å²) in [6, 6.07) is 1.02. The normalized spacial score (nSPS) is 13.8. The van der Waals surface area contributed by atoms with Crippen molar-refractivity contribution in [2.45, 2.75) is 37.6 Å². The zero-order valence-corrected chi connectivity index (χ0v) is 12.0. The van der Waals surface area contributed by atoms with E-state index in [-0.39, 0.29) is 6.04 Å². The molecule has 0 bridgehead atoms. The number of anilines is 1. The number of sulfonamides is 1. The fraction of sp³-hybridized carbons (Fsp3) is 0.500. The van der Waals surface area contributed by atoms with Crippen molar-refractivity contribution in [3.63, 3.8) is 0 Å². The van der Waals surface area contributed by atoms with E-state index >= 15 is 0 Å². The first-order valence-corrected chi connectivity index (χ1v) is 7.38. The highest BCUT2D eigenvalue weighted by atomic mass is 32.2. The van der Waals surface area contributed by atoms with Crippen LogP contribution in [0.5, 0.6) is 0 Å². The SMILES string of the molecule is CCCC(C)N(C)S(=O)(=O)c1cc(N)c(F)cc1F. The zero-order chi connectivity index (χ0) is 14.8. The van der Waals surface area contributed by atoms with Crippen LogP contribution in [0.25, 0.3) is 0 Å². The lowest BCUT2D eigenvalue weighted by atomic mass is 10.2. The van der Waals surface area contributed by atoms with Crippen LogP contribution >= 0.6 is 0 Å². The van der Waals surface area contributed by atoms with E-state index in [0.717, 1.165) is 16.8 Å². The van der Waals surface area contributed by atoms with Crippen molar-refractivity contribution in [2.24, 2.45) is 0 Å². The number of hydrogen-bond donors (Lipinski definition) is 1. The van der Waals surface area contributed by atoms with Gasteiger partial charge >= 0.3 is 0 Å². The Labute approximate surface area is 112 Å². The van der Waals surface area contributed by atoms with Gasteiger partial charge in [-0.05, 0) is 19.4 Å². The average Bonchev–Trinajstić information content (AvgIpc) is 2.32. The van der Waals surface area contributed by atoms with Crippen molar-refractivity contribution in [3.8, 4) is 0 Å². The molecule has 1 unspecified atom stereocenters. The van der Waals surface area contributed by atoms with E-state index in [4.69, 9.17) is 5.73 Å². The van der Waals surface area contributed by atoms with Crippen LogP contribution in [0.15, 0.2) is 17.0 Å². The van der Waals surface area contributed by atoms with Gasteiger partial charge in [0.05, 0.1) is 5.69 Å².